The SMILES string of the molecule is Cc1ccc(C)c(C(O)=C2C(=O)C(=O)N(c3nnc(SCc4ccc(Cl)cc4)s3)C2c2cccnc2)c1. The number of rotatable bonds is 6. The zero-order valence-corrected chi connectivity index (χ0v) is 22.3. The lowest BCUT2D eigenvalue weighted by atomic mass is 9.94. The minimum Gasteiger partial charge on any atom is -0.507 e. The van der Waals surface area contributed by atoms with E-state index in [-0.39, 0.29) is 16.5 Å². The van der Waals surface area contributed by atoms with Crippen molar-refractivity contribution in [3.8, 4) is 0 Å². The highest BCUT2D eigenvalue weighted by Crippen LogP contribution is 2.44. The molecule has 5 rings (SSSR count). The van der Waals surface area contributed by atoms with E-state index in [9.17, 15) is 14.7 Å². The quantitative estimate of drug-likeness (QED) is 0.102. The van der Waals surface area contributed by atoms with Gasteiger partial charge in [0.05, 0.1) is 11.6 Å². The molecule has 0 bridgehead atoms. The summed E-state index contributed by atoms with van der Waals surface area (Å²) < 4.78 is 0.645. The third kappa shape index (κ3) is 5.02. The van der Waals surface area contributed by atoms with Crippen molar-refractivity contribution in [3.63, 3.8) is 0 Å². The fourth-order valence-electron chi connectivity index (χ4n) is 4.10. The van der Waals surface area contributed by atoms with Gasteiger partial charge in [-0.05, 0) is 54.8 Å². The molecule has 1 saturated heterocycles. The van der Waals surface area contributed by atoms with Crippen molar-refractivity contribution in [2.75, 3.05) is 4.90 Å². The van der Waals surface area contributed by atoms with Crippen molar-refractivity contribution in [2.24, 2.45) is 0 Å². The lowest BCUT2D eigenvalue weighted by molar-refractivity contribution is -0.132. The van der Waals surface area contributed by atoms with E-state index in [1.54, 1.807) is 30.6 Å². The molecule has 2 aromatic heterocycles. The molecule has 7 nitrogen and oxygen atoms in total. The smallest absolute Gasteiger partial charge is 0.301 e. The van der Waals surface area contributed by atoms with Gasteiger partial charge in [-0.1, -0.05) is 70.6 Å². The number of aliphatic hydroxyl groups is 1. The Hall–Kier alpha value is -3.53. The molecule has 1 fully saturated rings. The highest BCUT2D eigenvalue weighted by atomic mass is 35.5. The van der Waals surface area contributed by atoms with Gasteiger partial charge in [0.25, 0.3) is 5.78 Å². The van der Waals surface area contributed by atoms with Crippen LogP contribution in [0, 0.1) is 13.8 Å². The summed E-state index contributed by atoms with van der Waals surface area (Å²) in [6.07, 6.45) is 3.19. The van der Waals surface area contributed by atoms with Gasteiger partial charge in [-0.15, -0.1) is 10.2 Å². The van der Waals surface area contributed by atoms with Crippen LogP contribution < -0.4 is 4.90 Å². The second-order valence-corrected chi connectivity index (χ2v) is 11.2. The van der Waals surface area contributed by atoms with Gasteiger partial charge in [-0.2, -0.15) is 0 Å². The van der Waals surface area contributed by atoms with E-state index < -0.39 is 17.7 Å². The number of aliphatic hydroxyl groups excluding tert-OH is 1. The maximum atomic E-state index is 13.3. The van der Waals surface area contributed by atoms with E-state index in [0.29, 0.717) is 26.2 Å². The summed E-state index contributed by atoms with van der Waals surface area (Å²) in [5, 5.41) is 20.8. The first-order valence-corrected chi connectivity index (χ1v) is 13.5. The number of nitrogens with zero attached hydrogens (tertiary/aromatic N) is 4. The number of benzene rings is 2. The number of anilines is 1. The van der Waals surface area contributed by atoms with Gasteiger partial charge in [0, 0.05) is 28.7 Å². The van der Waals surface area contributed by atoms with Crippen LogP contribution in [0.5, 0.6) is 0 Å². The second kappa shape index (κ2) is 10.5. The molecule has 37 heavy (non-hydrogen) atoms. The summed E-state index contributed by atoms with van der Waals surface area (Å²) in [5.74, 6) is -1.13. The zero-order valence-electron chi connectivity index (χ0n) is 19.9. The summed E-state index contributed by atoms with van der Waals surface area (Å²) in [6.45, 7) is 3.75. The fraction of sp³-hybridized carbons (Fsp3) is 0.148. The largest absolute Gasteiger partial charge is 0.507 e. The normalized spacial score (nSPS) is 16.9. The zero-order chi connectivity index (χ0) is 26.1. The lowest BCUT2D eigenvalue weighted by Gasteiger charge is -2.22. The number of thioether (sulfide) groups is 1. The first-order chi connectivity index (χ1) is 17.8. The molecule has 10 heteroatoms. The van der Waals surface area contributed by atoms with Crippen LogP contribution in [0.2, 0.25) is 5.02 Å². The third-order valence-corrected chi connectivity index (χ3v) is 8.35. The van der Waals surface area contributed by atoms with Gasteiger partial charge in [0.1, 0.15) is 5.76 Å². The molecule has 1 amide bonds. The number of halogens is 1. The predicted molar refractivity (Wildman–Crippen MR) is 146 cm³/mol. The number of aryl methyl sites for hydroxylation is 2. The maximum Gasteiger partial charge on any atom is 0.301 e. The molecule has 0 saturated carbocycles. The van der Waals surface area contributed by atoms with E-state index >= 15 is 0 Å². The van der Waals surface area contributed by atoms with Crippen LogP contribution in [0.4, 0.5) is 5.13 Å². The summed E-state index contributed by atoms with van der Waals surface area (Å²) in [7, 11) is 0. The minimum absolute atomic E-state index is 0.00253. The number of amides is 1. The highest BCUT2D eigenvalue weighted by molar-refractivity contribution is 8.00. The number of ketones is 1. The standard InChI is InChI=1S/C27H21ClN4O3S2/c1-15-5-6-16(2)20(12-15)23(33)21-22(18-4-3-11-29-13-18)32(25(35)24(21)34)26-30-31-27(37-26)36-14-17-7-9-19(28)10-8-17/h3-13,22,33H,14H2,1-2H3. The van der Waals surface area contributed by atoms with Crippen LogP contribution in [0.15, 0.2) is 76.9 Å². The Bertz CT molecular complexity index is 1520. The van der Waals surface area contributed by atoms with E-state index in [2.05, 4.69) is 15.2 Å². The van der Waals surface area contributed by atoms with E-state index in [1.807, 2.05) is 50.2 Å². The van der Waals surface area contributed by atoms with Crippen molar-refractivity contribution in [3.05, 3.63) is 105 Å². The summed E-state index contributed by atoms with van der Waals surface area (Å²) in [6, 6.07) is 15.7. The van der Waals surface area contributed by atoms with Crippen molar-refractivity contribution >= 4 is 57.3 Å². The van der Waals surface area contributed by atoms with Gasteiger partial charge in [-0.25, -0.2) is 0 Å². The van der Waals surface area contributed by atoms with Crippen LogP contribution in [0.25, 0.3) is 5.76 Å². The monoisotopic (exact) mass is 548 g/mol. The molecule has 3 heterocycles. The Morgan fingerprint density at radius 2 is 1.89 bits per heavy atom. The van der Waals surface area contributed by atoms with Crippen molar-refractivity contribution in [2.45, 2.75) is 30.0 Å². The molecule has 1 unspecified atom stereocenters. The average Bonchev–Trinajstić information content (AvgIpc) is 3.47. The topological polar surface area (TPSA) is 96.3 Å². The number of carbonyl (C=O) groups excluding carboxylic acids is 2. The molecule has 1 atom stereocenters. The number of Topliss-reactive ketones (excluding diaryl/α,β-unsaturated/α-hetero) is 1. The molecule has 2 aromatic carbocycles. The molecular weight excluding hydrogens is 528 g/mol. The molecule has 1 aliphatic heterocycles. The molecule has 0 radical (unpaired) electrons. The molecular formula is C27H21ClN4O3S2. The van der Waals surface area contributed by atoms with Crippen LogP contribution in [0.3, 0.4) is 0 Å². The molecule has 186 valence electrons. The van der Waals surface area contributed by atoms with E-state index in [4.69, 9.17) is 11.6 Å². The van der Waals surface area contributed by atoms with Crippen molar-refractivity contribution in [1.29, 1.82) is 0 Å². The summed E-state index contributed by atoms with van der Waals surface area (Å²) in [4.78, 5) is 32.2. The molecule has 0 aliphatic carbocycles. The van der Waals surface area contributed by atoms with Crippen molar-refractivity contribution < 1.29 is 14.7 Å². The highest BCUT2D eigenvalue weighted by Gasteiger charge is 2.48. The van der Waals surface area contributed by atoms with Crippen LogP contribution in [-0.4, -0.2) is 32.0 Å². The summed E-state index contributed by atoms with van der Waals surface area (Å²) in [5.41, 5.74) is 3.86. The maximum absolute atomic E-state index is 13.3. The average molecular weight is 549 g/mol. The first-order valence-electron chi connectivity index (χ1n) is 11.3. The number of carbonyl (C=O) groups is 2. The Morgan fingerprint density at radius 3 is 2.62 bits per heavy atom. The Kier molecular flexibility index (Phi) is 7.10. The third-order valence-electron chi connectivity index (χ3n) is 5.97. The van der Waals surface area contributed by atoms with Gasteiger partial charge in [0.15, 0.2) is 4.34 Å². The predicted octanol–water partition coefficient (Wildman–Crippen LogP) is 6.12. The second-order valence-electron chi connectivity index (χ2n) is 8.54. The van der Waals surface area contributed by atoms with E-state index in [1.165, 1.54) is 28.0 Å². The van der Waals surface area contributed by atoms with Crippen LogP contribution >= 0.6 is 34.7 Å². The number of aromatic nitrogens is 3. The van der Waals surface area contributed by atoms with Gasteiger partial charge >= 0.3 is 5.91 Å². The molecule has 0 spiro atoms. The Morgan fingerprint density at radius 1 is 1.11 bits per heavy atom. The Labute approximate surface area is 226 Å². The molecule has 4 aromatic rings. The first kappa shape index (κ1) is 25.1. The van der Waals surface area contributed by atoms with Gasteiger partial charge < -0.3 is 5.11 Å². The number of hydrogen-bond donors (Lipinski definition) is 1. The van der Waals surface area contributed by atoms with Crippen LogP contribution in [0.1, 0.15) is 33.9 Å². The summed E-state index contributed by atoms with van der Waals surface area (Å²) >= 11 is 8.65. The Balaban J connectivity index is 1.54. The number of hydrogen-bond acceptors (Lipinski definition) is 8. The van der Waals surface area contributed by atoms with Crippen molar-refractivity contribution in [1.82, 2.24) is 15.2 Å². The minimum atomic E-state index is -0.893. The fourth-order valence-corrected chi connectivity index (χ4v) is 6.05. The van der Waals surface area contributed by atoms with Crippen LogP contribution in [-0.2, 0) is 15.3 Å². The van der Waals surface area contributed by atoms with Gasteiger partial charge in [0.2, 0.25) is 5.13 Å². The van der Waals surface area contributed by atoms with Gasteiger partial charge in [-0.3, -0.25) is 19.5 Å². The molecule has 1 aliphatic rings. The number of pyridine rings is 1. The van der Waals surface area contributed by atoms with E-state index in [0.717, 1.165) is 16.7 Å². The molecule has 1 N–H and O–H groups in total. The lowest BCUT2D eigenvalue weighted by Crippen LogP contribution is -2.29.